The summed E-state index contributed by atoms with van der Waals surface area (Å²) in [6.45, 7) is -0.412. The number of rotatable bonds is 4. The van der Waals surface area contributed by atoms with Crippen LogP contribution >= 0.6 is 0 Å². The van der Waals surface area contributed by atoms with Crippen molar-refractivity contribution in [1.82, 2.24) is 20.2 Å². The number of hydrogen-bond acceptors (Lipinski definition) is 7. The number of nitrogens with zero attached hydrogens (tertiary/aromatic N) is 5. The topological polar surface area (TPSA) is 94.4 Å². The van der Waals surface area contributed by atoms with Crippen LogP contribution in [0.5, 0.6) is 0 Å². The van der Waals surface area contributed by atoms with Gasteiger partial charge < -0.3 is 19.9 Å². The van der Waals surface area contributed by atoms with Crippen molar-refractivity contribution in [3.05, 3.63) is 30.2 Å². The van der Waals surface area contributed by atoms with Crippen LogP contribution in [0.15, 0.2) is 24.5 Å². The van der Waals surface area contributed by atoms with Gasteiger partial charge in [-0.25, -0.2) is 9.37 Å². The molecule has 0 spiro atoms. The predicted octanol–water partition coefficient (Wildman–Crippen LogP) is 1.80. The molecule has 3 atom stereocenters. The third-order valence-corrected chi connectivity index (χ3v) is 5.90. The van der Waals surface area contributed by atoms with Gasteiger partial charge in [0.15, 0.2) is 17.9 Å². The molecule has 1 amide bonds. The Morgan fingerprint density at radius 2 is 2.18 bits per heavy atom. The maximum absolute atomic E-state index is 14.8. The van der Waals surface area contributed by atoms with Crippen molar-refractivity contribution < 1.29 is 27.1 Å². The average Bonchev–Trinajstić information content (AvgIpc) is 3.14. The highest BCUT2D eigenvalue weighted by molar-refractivity contribution is 5.94. The molecular formula is C21H22F4N6O2. The highest BCUT2D eigenvalue weighted by Gasteiger charge is 2.48. The molecule has 2 saturated heterocycles. The first-order valence-corrected chi connectivity index (χ1v) is 10.4. The maximum atomic E-state index is 14.8. The van der Waals surface area contributed by atoms with Gasteiger partial charge in [-0.15, -0.1) is 0 Å². The average molecular weight is 466 g/mol. The molecule has 4 heterocycles. The van der Waals surface area contributed by atoms with Gasteiger partial charge in [-0.05, 0) is 25.6 Å². The van der Waals surface area contributed by atoms with Crippen molar-refractivity contribution in [2.24, 2.45) is 0 Å². The molecule has 0 aliphatic carbocycles. The molecule has 0 saturated carbocycles. The lowest BCUT2D eigenvalue weighted by Gasteiger charge is -2.39. The van der Waals surface area contributed by atoms with Crippen LogP contribution < -0.4 is 10.2 Å². The van der Waals surface area contributed by atoms with Gasteiger partial charge >= 0.3 is 6.18 Å². The van der Waals surface area contributed by atoms with E-state index in [0.29, 0.717) is 17.6 Å². The van der Waals surface area contributed by atoms with Gasteiger partial charge in [-0.3, -0.25) is 9.78 Å². The van der Waals surface area contributed by atoms with Gasteiger partial charge in [0.05, 0.1) is 31.5 Å². The van der Waals surface area contributed by atoms with Crippen LogP contribution in [-0.2, 0) is 9.53 Å². The lowest BCUT2D eigenvalue weighted by Crippen LogP contribution is -2.58. The minimum absolute atomic E-state index is 0.0408. The van der Waals surface area contributed by atoms with Gasteiger partial charge in [0.25, 0.3) is 5.91 Å². The number of carbonyl (C=O) groups is 1. The third-order valence-electron chi connectivity index (χ3n) is 5.90. The van der Waals surface area contributed by atoms with Crippen LogP contribution in [0.4, 0.5) is 23.2 Å². The van der Waals surface area contributed by atoms with E-state index in [1.165, 1.54) is 17.3 Å². The summed E-state index contributed by atoms with van der Waals surface area (Å²) >= 11 is 0. The number of pyridine rings is 2. The summed E-state index contributed by atoms with van der Waals surface area (Å²) in [6.07, 6.45) is -5.46. The standard InChI is InChI=1S/C21H22F4N6O2/c1-30-6-4-20(22,12-30)11-29-19(32)16-9-31(10-17(33-16)21(23,24)25)15-8-28-14(7-26)18-13(15)3-2-5-27-18/h2-3,5,8,16-17H,4,6,9-12H2,1H3,(H,29,32)/t16?,17?,20-/m1/s1. The fourth-order valence-electron chi connectivity index (χ4n) is 4.21. The maximum Gasteiger partial charge on any atom is 0.416 e. The Morgan fingerprint density at radius 1 is 1.39 bits per heavy atom. The van der Waals surface area contributed by atoms with E-state index in [-0.39, 0.29) is 37.3 Å². The molecule has 2 aliphatic heterocycles. The van der Waals surface area contributed by atoms with Crippen LogP contribution in [0, 0.1) is 11.3 Å². The summed E-state index contributed by atoms with van der Waals surface area (Å²) in [5.41, 5.74) is -1.05. The second kappa shape index (κ2) is 8.72. The summed E-state index contributed by atoms with van der Waals surface area (Å²) in [4.78, 5) is 24.0. The smallest absolute Gasteiger partial charge is 0.364 e. The monoisotopic (exact) mass is 466 g/mol. The van der Waals surface area contributed by atoms with E-state index in [0.717, 1.165) is 0 Å². The fraction of sp³-hybridized carbons (Fsp3) is 0.524. The van der Waals surface area contributed by atoms with Crippen LogP contribution in [0.2, 0.25) is 0 Å². The third kappa shape index (κ3) is 4.84. The van der Waals surface area contributed by atoms with E-state index in [1.807, 2.05) is 6.07 Å². The number of fused-ring (bicyclic) bond motifs is 1. The molecule has 8 nitrogen and oxygen atoms in total. The lowest BCUT2D eigenvalue weighted by atomic mass is 10.1. The minimum Gasteiger partial charge on any atom is -0.364 e. The lowest BCUT2D eigenvalue weighted by molar-refractivity contribution is -0.234. The SMILES string of the molecule is CN1CC[C@@](F)(CNC(=O)C2CN(c3cnc(C#N)c4ncccc34)CC(C(F)(F)F)O2)C1. The molecule has 0 bridgehead atoms. The first-order chi connectivity index (χ1) is 15.6. The normalized spacial score (nSPS) is 26.4. The molecule has 2 aliphatic rings. The van der Waals surface area contributed by atoms with E-state index >= 15 is 0 Å². The summed E-state index contributed by atoms with van der Waals surface area (Å²) in [5, 5.41) is 12.1. The number of likely N-dealkylation sites (tertiary alicyclic amines) is 1. The minimum atomic E-state index is -4.72. The number of amides is 1. The number of nitrogens with one attached hydrogen (secondary N) is 1. The molecule has 2 aromatic rings. The molecule has 0 radical (unpaired) electrons. The summed E-state index contributed by atoms with van der Waals surface area (Å²) in [5.74, 6) is -0.815. The fourth-order valence-corrected chi connectivity index (χ4v) is 4.21. The number of morpholine rings is 1. The molecule has 0 aromatic carbocycles. The number of ether oxygens (including phenoxy) is 1. The van der Waals surface area contributed by atoms with Crippen LogP contribution in [0.3, 0.4) is 0 Å². The Labute approximate surface area is 187 Å². The van der Waals surface area contributed by atoms with E-state index in [1.54, 1.807) is 24.1 Å². The van der Waals surface area contributed by atoms with Crippen LogP contribution in [0.1, 0.15) is 12.1 Å². The number of hydrogen-bond donors (Lipinski definition) is 1. The van der Waals surface area contributed by atoms with Crippen LogP contribution in [0.25, 0.3) is 10.9 Å². The molecule has 1 N–H and O–H groups in total. The molecular weight excluding hydrogens is 444 g/mol. The first-order valence-electron chi connectivity index (χ1n) is 10.4. The van der Waals surface area contributed by atoms with E-state index in [9.17, 15) is 27.6 Å². The summed E-state index contributed by atoms with van der Waals surface area (Å²) in [6, 6.07) is 5.13. The quantitative estimate of drug-likeness (QED) is 0.687. The Kier molecular flexibility index (Phi) is 6.11. The number of alkyl halides is 4. The summed E-state index contributed by atoms with van der Waals surface area (Å²) < 4.78 is 60.8. The molecule has 2 aromatic heterocycles. The van der Waals surface area contributed by atoms with E-state index in [2.05, 4.69) is 15.3 Å². The zero-order valence-electron chi connectivity index (χ0n) is 17.8. The van der Waals surface area contributed by atoms with Gasteiger partial charge in [0.1, 0.15) is 17.3 Å². The second-order valence-corrected chi connectivity index (χ2v) is 8.42. The Hall–Kier alpha value is -3.04. The van der Waals surface area contributed by atoms with Gasteiger partial charge in [-0.1, -0.05) is 0 Å². The highest BCUT2D eigenvalue weighted by atomic mass is 19.4. The molecule has 2 unspecified atom stereocenters. The zero-order chi connectivity index (χ0) is 23.8. The second-order valence-electron chi connectivity index (χ2n) is 8.42. The first kappa shape index (κ1) is 23.1. The number of carbonyl (C=O) groups excluding carboxylic acids is 1. The number of nitriles is 1. The van der Waals surface area contributed by atoms with Gasteiger partial charge in [0.2, 0.25) is 0 Å². The molecule has 4 rings (SSSR count). The van der Waals surface area contributed by atoms with Crippen molar-refractivity contribution in [3.8, 4) is 6.07 Å². The van der Waals surface area contributed by atoms with E-state index < -0.39 is 36.5 Å². The zero-order valence-corrected chi connectivity index (χ0v) is 17.8. The van der Waals surface area contributed by atoms with Crippen molar-refractivity contribution in [3.63, 3.8) is 0 Å². The van der Waals surface area contributed by atoms with Crippen molar-refractivity contribution in [1.29, 1.82) is 5.26 Å². The number of anilines is 1. The summed E-state index contributed by atoms with van der Waals surface area (Å²) in [7, 11) is 1.75. The van der Waals surface area contributed by atoms with Crippen molar-refractivity contribution in [2.75, 3.05) is 44.7 Å². The molecule has 33 heavy (non-hydrogen) atoms. The van der Waals surface area contributed by atoms with Gasteiger partial charge in [0, 0.05) is 24.7 Å². The highest BCUT2D eigenvalue weighted by Crippen LogP contribution is 2.33. The molecule has 2 fully saturated rings. The van der Waals surface area contributed by atoms with Gasteiger partial charge in [-0.2, -0.15) is 18.4 Å². The largest absolute Gasteiger partial charge is 0.416 e. The predicted molar refractivity (Wildman–Crippen MR) is 110 cm³/mol. The Morgan fingerprint density at radius 3 is 2.85 bits per heavy atom. The number of aromatic nitrogens is 2. The van der Waals surface area contributed by atoms with Crippen LogP contribution in [-0.4, -0.2) is 84.6 Å². The van der Waals surface area contributed by atoms with Crippen molar-refractivity contribution in [2.45, 2.75) is 30.5 Å². The molecule has 176 valence electrons. The molecule has 12 heteroatoms. The van der Waals surface area contributed by atoms with E-state index in [4.69, 9.17) is 4.74 Å². The number of halogens is 4. The van der Waals surface area contributed by atoms with Crippen molar-refractivity contribution >= 4 is 22.5 Å². The Bertz CT molecular complexity index is 1090. The Balaban J connectivity index is 1.59.